The van der Waals surface area contributed by atoms with Crippen LogP contribution in [0.5, 0.6) is 0 Å². The minimum Gasteiger partial charge on any atom is -0.378 e. The van der Waals surface area contributed by atoms with E-state index >= 15 is 0 Å². The maximum Gasteiger partial charge on any atom is 0.210 e. The van der Waals surface area contributed by atoms with Crippen LogP contribution in [-0.4, -0.2) is 42.7 Å². The first kappa shape index (κ1) is 9.07. The highest BCUT2D eigenvalue weighted by molar-refractivity contribution is 8.13. The van der Waals surface area contributed by atoms with Crippen LogP contribution in [0.2, 0.25) is 0 Å². The highest BCUT2D eigenvalue weighted by Crippen LogP contribution is 2.17. The van der Waals surface area contributed by atoms with Crippen LogP contribution >= 0.6 is 11.8 Å². The molecule has 0 N–H and O–H groups in total. The van der Waals surface area contributed by atoms with E-state index in [0.717, 1.165) is 6.61 Å². The smallest absolute Gasteiger partial charge is 0.210 e. The first-order chi connectivity index (χ1) is 5.29. The third kappa shape index (κ3) is 1.97. The Morgan fingerprint density at radius 2 is 2.45 bits per heavy atom. The zero-order chi connectivity index (χ0) is 8.27. The van der Waals surface area contributed by atoms with Crippen molar-refractivity contribution in [1.82, 2.24) is 0 Å². The predicted molar refractivity (Wildman–Crippen MR) is 49.6 cm³/mol. The van der Waals surface area contributed by atoms with Gasteiger partial charge in [0.1, 0.15) is 13.7 Å². The number of hydrogen-bond donors (Lipinski definition) is 0. The van der Waals surface area contributed by atoms with Crippen molar-refractivity contribution in [3.63, 3.8) is 0 Å². The van der Waals surface area contributed by atoms with E-state index in [1.54, 1.807) is 7.11 Å². The van der Waals surface area contributed by atoms with Gasteiger partial charge in [0.05, 0.1) is 0 Å². The zero-order valence-corrected chi connectivity index (χ0v) is 8.28. The molecule has 0 saturated heterocycles. The van der Waals surface area contributed by atoms with Crippen LogP contribution in [0.1, 0.15) is 12.8 Å². The quantitative estimate of drug-likeness (QED) is 0.583. The van der Waals surface area contributed by atoms with Crippen molar-refractivity contribution in [3.8, 4) is 0 Å². The van der Waals surface area contributed by atoms with E-state index in [1.807, 2.05) is 11.8 Å². The van der Waals surface area contributed by atoms with Gasteiger partial charge < -0.3 is 4.74 Å². The molecule has 1 aliphatic rings. The largest absolute Gasteiger partial charge is 0.378 e. The minimum absolute atomic E-state index is 0.613. The fourth-order valence-electron chi connectivity index (χ4n) is 1.50. The van der Waals surface area contributed by atoms with E-state index in [2.05, 4.69) is 17.9 Å². The number of thioether (sulfide) groups is 1. The Labute approximate surface area is 72.6 Å². The van der Waals surface area contributed by atoms with Crippen molar-refractivity contribution in [1.29, 1.82) is 0 Å². The summed E-state index contributed by atoms with van der Waals surface area (Å²) in [6.07, 6.45) is 4.62. The lowest BCUT2D eigenvalue weighted by Crippen LogP contribution is -2.24. The van der Waals surface area contributed by atoms with Gasteiger partial charge in [-0.3, -0.25) is 0 Å². The standard InChI is InChI=1S/C8H16NOS/c1-9-7(6-10-2)4-5-8(9)11-3/h7H,4-6H2,1-3H3/q+1. The van der Waals surface area contributed by atoms with E-state index in [0.29, 0.717) is 6.04 Å². The lowest BCUT2D eigenvalue weighted by molar-refractivity contribution is -0.530. The molecule has 0 aromatic rings. The van der Waals surface area contributed by atoms with Crippen LogP contribution in [0.3, 0.4) is 0 Å². The van der Waals surface area contributed by atoms with Crippen molar-refractivity contribution in [2.75, 3.05) is 27.0 Å². The number of methoxy groups -OCH3 is 1. The third-order valence-corrected chi connectivity index (χ3v) is 3.19. The van der Waals surface area contributed by atoms with Crippen molar-refractivity contribution in [3.05, 3.63) is 0 Å². The highest BCUT2D eigenvalue weighted by atomic mass is 32.2. The molecule has 1 unspecified atom stereocenters. The fourth-order valence-corrected chi connectivity index (χ4v) is 2.26. The average Bonchev–Trinajstić information content (AvgIpc) is 2.34. The number of ether oxygens (including phenoxy) is 1. The topological polar surface area (TPSA) is 12.2 Å². The van der Waals surface area contributed by atoms with Gasteiger partial charge in [-0.25, -0.2) is 4.58 Å². The van der Waals surface area contributed by atoms with Gasteiger partial charge in [0.25, 0.3) is 0 Å². The Bertz CT molecular complexity index is 167. The lowest BCUT2D eigenvalue weighted by Gasteiger charge is -2.04. The van der Waals surface area contributed by atoms with Crippen LogP contribution < -0.4 is 0 Å². The molecular formula is C8H16NOS+. The molecule has 1 atom stereocenters. The fraction of sp³-hybridized carbons (Fsp3) is 0.875. The summed E-state index contributed by atoms with van der Waals surface area (Å²) in [4.78, 5) is 0. The molecule has 0 aromatic heterocycles. The molecule has 1 rings (SSSR count). The average molecular weight is 174 g/mol. The maximum absolute atomic E-state index is 5.12. The first-order valence-corrected chi connectivity index (χ1v) is 5.13. The molecule has 3 heteroatoms. The third-order valence-electron chi connectivity index (χ3n) is 2.23. The number of nitrogens with zero attached hydrogens (tertiary/aromatic N) is 1. The number of hydrogen-bond acceptors (Lipinski definition) is 2. The van der Waals surface area contributed by atoms with Gasteiger partial charge in [-0.15, -0.1) is 0 Å². The molecule has 1 heterocycles. The summed E-state index contributed by atoms with van der Waals surface area (Å²) in [6.45, 7) is 0.862. The van der Waals surface area contributed by atoms with Crippen LogP contribution in [-0.2, 0) is 4.74 Å². The first-order valence-electron chi connectivity index (χ1n) is 3.91. The molecule has 0 radical (unpaired) electrons. The van der Waals surface area contributed by atoms with E-state index in [-0.39, 0.29) is 0 Å². The van der Waals surface area contributed by atoms with Crippen molar-refractivity contribution >= 4 is 16.8 Å². The monoisotopic (exact) mass is 174 g/mol. The van der Waals surface area contributed by atoms with Gasteiger partial charge in [-0.2, -0.15) is 0 Å². The molecule has 0 saturated carbocycles. The second-order valence-electron chi connectivity index (χ2n) is 2.86. The maximum atomic E-state index is 5.12. The summed E-state index contributed by atoms with van der Waals surface area (Å²) in [5.74, 6) is 0. The van der Waals surface area contributed by atoms with Crippen LogP contribution in [0, 0.1) is 0 Å². The van der Waals surface area contributed by atoms with Crippen molar-refractivity contribution in [2.24, 2.45) is 0 Å². The SMILES string of the molecule is COCC1CCC(SC)=[N+]1C. The Morgan fingerprint density at radius 3 is 2.91 bits per heavy atom. The molecule has 0 amide bonds. The summed E-state index contributed by atoms with van der Waals surface area (Å²) >= 11 is 1.86. The van der Waals surface area contributed by atoms with Gasteiger partial charge in [0, 0.05) is 20.0 Å². The number of rotatable bonds is 2. The summed E-state index contributed by atoms with van der Waals surface area (Å²) in [6, 6.07) is 0.613. The molecule has 64 valence electrons. The van der Waals surface area contributed by atoms with E-state index in [9.17, 15) is 0 Å². The molecule has 11 heavy (non-hydrogen) atoms. The van der Waals surface area contributed by atoms with Gasteiger partial charge >= 0.3 is 0 Å². The van der Waals surface area contributed by atoms with E-state index < -0.39 is 0 Å². The molecule has 2 nitrogen and oxygen atoms in total. The minimum atomic E-state index is 0.613. The molecule has 0 aliphatic carbocycles. The Balaban J connectivity index is 2.54. The zero-order valence-electron chi connectivity index (χ0n) is 7.46. The van der Waals surface area contributed by atoms with Gasteiger partial charge in [0.2, 0.25) is 5.04 Å². The normalized spacial score (nSPS) is 24.8. The van der Waals surface area contributed by atoms with Gasteiger partial charge in [0.15, 0.2) is 6.04 Å². The van der Waals surface area contributed by atoms with Gasteiger partial charge in [-0.05, 0) is 6.26 Å². The second-order valence-corrected chi connectivity index (χ2v) is 3.74. The summed E-state index contributed by atoms with van der Waals surface area (Å²) in [5, 5.41) is 1.49. The van der Waals surface area contributed by atoms with Crippen LogP contribution in [0.4, 0.5) is 0 Å². The van der Waals surface area contributed by atoms with Crippen molar-refractivity contribution in [2.45, 2.75) is 18.9 Å². The molecule has 0 bridgehead atoms. The molecule has 0 fully saturated rings. The highest BCUT2D eigenvalue weighted by Gasteiger charge is 2.28. The van der Waals surface area contributed by atoms with Crippen LogP contribution in [0.15, 0.2) is 0 Å². The second kappa shape index (κ2) is 4.12. The molecule has 1 aliphatic heterocycles. The number of likely N-dealkylation sites (N-methyl/N-ethyl adjacent to an activating group) is 1. The Morgan fingerprint density at radius 1 is 1.73 bits per heavy atom. The van der Waals surface area contributed by atoms with E-state index in [4.69, 9.17) is 4.74 Å². The summed E-state index contributed by atoms with van der Waals surface area (Å²) in [7, 11) is 3.92. The summed E-state index contributed by atoms with van der Waals surface area (Å²) in [5.41, 5.74) is 0. The van der Waals surface area contributed by atoms with Crippen LogP contribution in [0.25, 0.3) is 0 Å². The van der Waals surface area contributed by atoms with Crippen molar-refractivity contribution < 1.29 is 9.31 Å². The Kier molecular flexibility index (Phi) is 3.40. The predicted octanol–water partition coefficient (Wildman–Crippen LogP) is 1.20. The van der Waals surface area contributed by atoms with Gasteiger partial charge in [-0.1, -0.05) is 11.8 Å². The lowest BCUT2D eigenvalue weighted by atomic mass is 10.2. The molecule has 0 spiro atoms. The molecule has 0 aromatic carbocycles. The molecular weight excluding hydrogens is 158 g/mol. The Hall–Kier alpha value is -0.0200. The summed E-state index contributed by atoms with van der Waals surface area (Å²) < 4.78 is 7.47. The van der Waals surface area contributed by atoms with E-state index in [1.165, 1.54) is 17.9 Å².